The Balaban J connectivity index is 1.78. The Hall–Kier alpha value is -2.89. The molecular weight excluding hydrogens is 312 g/mol. The zero-order valence-corrected chi connectivity index (χ0v) is 15.2. The molecule has 0 aliphatic rings. The Morgan fingerprint density at radius 1 is 1.08 bits per heavy atom. The number of benzene rings is 1. The highest BCUT2D eigenvalue weighted by Crippen LogP contribution is 2.25. The number of aryl methyl sites for hydroxylation is 3. The van der Waals surface area contributed by atoms with Crippen LogP contribution >= 0.6 is 0 Å². The Labute approximate surface area is 148 Å². The predicted octanol–water partition coefficient (Wildman–Crippen LogP) is 3.27. The van der Waals surface area contributed by atoms with Crippen molar-refractivity contribution in [3.05, 3.63) is 52.8 Å². The molecule has 1 aromatic carbocycles. The molecule has 0 bridgehead atoms. The van der Waals surface area contributed by atoms with E-state index in [0.29, 0.717) is 6.54 Å². The van der Waals surface area contributed by atoms with Crippen LogP contribution in [0.5, 0.6) is 0 Å². The van der Waals surface area contributed by atoms with Crippen molar-refractivity contribution >= 4 is 11.8 Å². The van der Waals surface area contributed by atoms with Gasteiger partial charge in [0.1, 0.15) is 5.82 Å². The van der Waals surface area contributed by atoms with E-state index in [1.807, 2.05) is 23.7 Å². The first-order valence-corrected chi connectivity index (χ1v) is 8.40. The maximum absolute atomic E-state index is 5.92. The summed E-state index contributed by atoms with van der Waals surface area (Å²) in [7, 11) is 0. The molecule has 3 aromatic rings. The van der Waals surface area contributed by atoms with Crippen LogP contribution in [0.2, 0.25) is 0 Å². The van der Waals surface area contributed by atoms with E-state index in [1.54, 1.807) is 0 Å². The van der Waals surface area contributed by atoms with Gasteiger partial charge in [-0.05, 0) is 44.9 Å². The molecule has 130 valence electrons. The van der Waals surface area contributed by atoms with E-state index >= 15 is 0 Å². The minimum atomic E-state index is 0.270. The second-order valence-electron chi connectivity index (χ2n) is 6.32. The van der Waals surface area contributed by atoms with Crippen LogP contribution in [0, 0.1) is 27.7 Å². The van der Waals surface area contributed by atoms with Gasteiger partial charge in [-0.1, -0.05) is 18.2 Å². The van der Waals surface area contributed by atoms with Crippen LogP contribution in [-0.2, 0) is 6.54 Å². The van der Waals surface area contributed by atoms with Gasteiger partial charge < -0.3 is 11.1 Å². The molecule has 0 saturated heterocycles. The molecule has 25 heavy (non-hydrogen) atoms. The lowest BCUT2D eigenvalue weighted by Crippen LogP contribution is -2.14. The normalized spacial score (nSPS) is 10.9. The highest BCUT2D eigenvalue weighted by molar-refractivity contribution is 5.68. The quantitative estimate of drug-likeness (QED) is 0.747. The average Bonchev–Trinajstić information content (AvgIpc) is 2.87. The first-order valence-electron chi connectivity index (χ1n) is 8.40. The Kier molecular flexibility index (Phi) is 4.70. The fourth-order valence-corrected chi connectivity index (χ4v) is 2.91. The molecule has 3 rings (SSSR count). The third-order valence-electron chi connectivity index (χ3n) is 4.36. The van der Waals surface area contributed by atoms with Crippen molar-refractivity contribution in [1.82, 2.24) is 19.7 Å². The summed E-state index contributed by atoms with van der Waals surface area (Å²) in [6, 6.07) is 10.2. The van der Waals surface area contributed by atoms with Crippen LogP contribution in [0.3, 0.4) is 0 Å². The van der Waals surface area contributed by atoms with Gasteiger partial charge in [0.25, 0.3) is 0 Å². The van der Waals surface area contributed by atoms with Gasteiger partial charge in [0.05, 0.1) is 17.9 Å². The molecule has 6 heteroatoms. The summed E-state index contributed by atoms with van der Waals surface area (Å²) >= 11 is 0. The summed E-state index contributed by atoms with van der Waals surface area (Å²) in [4.78, 5) is 8.69. The summed E-state index contributed by atoms with van der Waals surface area (Å²) in [6.45, 7) is 9.72. The SMILES string of the molecule is Cc1cc(C)n(CCNc2cc(-c3cccc(C)c3C)nc(N)n2)n1. The molecule has 0 spiro atoms. The largest absolute Gasteiger partial charge is 0.368 e. The van der Waals surface area contributed by atoms with Crippen molar-refractivity contribution in [1.29, 1.82) is 0 Å². The van der Waals surface area contributed by atoms with Gasteiger partial charge in [0, 0.05) is 23.9 Å². The molecule has 6 nitrogen and oxygen atoms in total. The lowest BCUT2D eigenvalue weighted by atomic mass is 10.0. The van der Waals surface area contributed by atoms with Crippen molar-refractivity contribution in [3.8, 4) is 11.3 Å². The minimum absolute atomic E-state index is 0.270. The van der Waals surface area contributed by atoms with Crippen LogP contribution in [0.1, 0.15) is 22.5 Å². The molecule has 2 aromatic heterocycles. The van der Waals surface area contributed by atoms with E-state index < -0.39 is 0 Å². The third kappa shape index (κ3) is 3.79. The predicted molar refractivity (Wildman–Crippen MR) is 102 cm³/mol. The van der Waals surface area contributed by atoms with Crippen LogP contribution in [-0.4, -0.2) is 26.3 Å². The smallest absolute Gasteiger partial charge is 0.222 e. The van der Waals surface area contributed by atoms with Gasteiger partial charge >= 0.3 is 0 Å². The molecule has 0 aliphatic carbocycles. The second kappa shape index (κ2) is 6.93. The van der Waals surface area contributed by atoms with Crippen molar-refractivity contribution in [3.63, 3.8) is 0 Å². The van der Waals surface area contributed by atoms with Crippen LogP contribution < -0.4 is 11.1 Å². The van der Waals surface area contributed by atoms with Crippen molar-refractivity contribution in [2.75, 3.05) is 17.6 Å². The molecular formula is C19H24N6. The number of nitrogens with zero attached hydrogens (tertiary/aromatic N) is 4. The summed E-state index contributed by atoms with van der Waals surface area (Å²) in [5.74, 6) is 0.997. The summed E-state index contributed by atoms with van der Waals surface area (Å²) in [5, 5.41) is 7.79. The van der Waals surface area contributed by atoms with Gasteiger partial charge in [-0.3, -0.25) is 4.68 Å². The highest BCUT2D eigenvalue weighted by atomic mass is 15.3. The van der Waals surface area contributed by atoms with Crippen LogP contribution in [0.15, 0.2) is 30.3 Å². The number of nitrogens with one attached hydrogen (secondary N) is 1. The van der Waals surface area contributed by atoms with Crippen molar-refractivity contribution in [2.24, 2.45) is 0 Å². The zero-order chi connectivity index (χ0) is 18.0. The molecule has 0 fully saturated rings. The number of aromatic nitrogens is 4. The monoisotopic (exact) mass is 336 g/mol. The molecule has 0 radical (unpaired) electrons. The molecule has 3 N–H and O–H groups in total. The van der Waals surface area contributed by atoms with Crippen molar-refractivity contribution in [2.45, 2.75) is 34.2 Å². The van der Waals surface area contributed by atoms with Gasteiger partial charge in [0.2, 0.25) is 5.95 Å². The molecule has 0 atom stereocenters. The first kappa shape index (κ1) is 17.0. The number of nitrogens with two attached hydrogens (primary N) is 1. The van der Waals surface area contributed by atoms with E-state index in [2.05, 4.69) is 59.4 Å². The standard InChI is InChI=1S/C19H24N6/c1-12-6-5-7-16(15(12)4)17-11-18(23-19(20)22-17)21-8-9-25-14(3)10-13(2)24-25/h5-7,10-11H,8-9H2,1-4H3,(H3,20,21,22,23). The second-order valence-corrected chi connectivity index (χ2v) is 6.32. The molecule has 0 unspecified atom stereocenters. The third-order valence-corrected chi connectivity index (χ3v) is 4.36. The Morgan fingerprint density at radius 2 is 1.88 bits per heavy atom. The van der Waals surface area contributed by atoms with E-state index in [4.69, 9.17) is 5.73 Å². The highest BCUT2D eigenvalue weighted by Gasteiger charge is 2.09. The number of hydrogen-bond acceptors (Lipinski definition) is 5. The topological polar surface area (TPSA) is 81.7 Å². The van der Waals surface area contributed by atoms with Crippen LogP contribution in [0.4, 0.5) is 11.8 Å². The lowest BCUT2D eigenvalue weighted by Gasteiger charge is -2.12. The number of anilines is 2. The van der Waals surface area contributed by atoms with Gasteiger partial charge in [-0.2, -0.15) is 10.1 Å². The summed E-state index contributed by atoms with van der Waals surface area (Å²) in [5.41, 5.74) is 12.4. The summed E-state index contributed by atoms with van der Waals surface area (Å²) in [6.07, 6.45) is 0. The Morgan fingerprint density at radius 3 is 2.60 bits per heavy atom. The number of rotatable bonds is 5. The molecule has 0 amide bonds. The molecule has 2 heterocycles. The fraction of sp³-hybridized carbons (Fsp3) is 0.316. The van der Waals surface area contributed by atoms with E-state index in [-0.39, 0.29) is 5.95 Å². The van der Waals surface area contributed by atoms with Crippen molar-refractivity contribution < 1.29 is 0 Å². The number of nitrogen functional groups attached to an aromatic ring is 1. The van der Waals surface area contributed by atoms with E-state index in [9.17, 15) is 0 Å². The van der Waals surface area contributed by atoms with Crippen LogP contribution in [0.25, 0.3) is 11.3 Å². The Bertz CT molecular complexity index is 897. The van der Waals surface area contributed by atoms with E-state index in [0.717, 1.165) is 35.0 Å². The number of hydrogen-bond donors (Lipinski definition) is 2. The maximum Gasteiger partial charge on any atom is 0.222 e. The minimum Gasteiger partial charge on any atom is -0.368 e. The summed E-state index contributed by atoms with van der Waals surface area (Å²) < 4.78 is 1.98. The van der Waals surface area contributed by atoms with Gasteiger partial charge in [0.15, 0.2) is 0 Å². The average molecular weight is 336 g/mol. The first-order chi connectivity index (χ1) is 11.9. The van der Waals surface area contributed by atoms with Gasteiger partial charge in [-0.15, -0.1) is 0 Å². The zero-order valence-electron chi connectivity index (χ0n) is 15.2. The van der Waals surface area contributed by atoms with Gasteiger partial charge in [-0.25, -0.2) is 4.98 Å². The fourth-order valence-electron chi connectivity index (χ4n) is 2.91. The maximum atomic E-state index is 5.92. The molecule has 0 aliphatic heterocycles. The lowest BCUT2D eigenvalue weighted by molar-refractivity contribution is 0.614. The van der Waals surface area contributed by atoms with E-state index in [1.165, 1.54) is 11.1 Å². The molecule has 0 saturated carbocycles.